The van der Waals surface area contributed by atoms with Crippen LogP contribution in [0.4, 0.5) is 0 Å². The summed E-state index contributed by atoms with van der Waals surface area (Å²) in [5.41, 5.74) is 2.38. The van der Waals surface area contributed by atoms with Crippen LogP contribution in [0.2, 0.25) is 0 Å². The van der Waals surface area contributed by atoms with Crippen LogP contribution in [0, 0.1) is 0 Å². The molecule has 21 heavy (non-hydrogen) atoms. The Morgan fingerprint density at radius 3 is 2.81 bits per heavy atom. The van der Waals surface area contributed by atoms with Crippen LogP contribution in [0.3, 0.4) is 0 Å². The summed E-state index contributed by atoms with van der Waals surface area (Å²) in [6.45, 7) is 0. The number of fused-ring (bicyclic) bond motifs is 3. The van der Waals surface area contributed by atoms with Crippen molar-refractivity contribution in [3.63, 3.8) is 0 Å². The van der Waals surface area contributed by atoms with Gasteiger partial charge in [0.15, 0.2) is 17.1 Å². The molecule has 0 spiro atoms. The smallest absolute Gasteiger partial charge is 0.175 e. The molecule has 0 bridgehead atoms. The van der Waals surface area contributed by atoms with Crippen molar-refractivity contribution in [2.24, 2.45) is 7.05 Å². The lowest BCUT2D eigenvalue weighted by Crippen LogP contribution is -1.96. The van der Waals surface area contributed by atoms with Gasteiger partial charge in [0, 0.05) is 7.05 Å². The predicted octanol–water partition coefficient (Wildman–Crippen LogP) is 1.69. The minimum absolute atomic E-state index is 0.695. The van der Waals surface area contributed by atoms with Gasteiger partial charge in [0.25, 0.3) is 0 Å². The molecule has 0 unspecified atom stereocenters. The zero-order valence-corrected chi connectivity index (χ0v) is 11.6. The molecule has 0 atom stereocenters. The van der Waals surface area contributed by atoms with Gasteiger partial charge in [-0.25, -0.2) is 4.98 Å². The zero-order valence-electron chi connectivity index (χ0n) is 11.6. The van der Waals surface area contributed by atoms with E-state index >= 15 is 0 Å². The Morgan fingerprint density at radius 2 is 1.95 bits per heavy atom. The van der Waals surface area contributed by atoms with Crippen LogP contribution in [0.25, 0.3) is 28.1 Å². The maximum atomic E-state index is 5.39. The minimum Gasteiger partial charge on any atom is -0.496 e. The van der Waals surface area contributed by atoms with Gasteiger partial charge in [0.05, 0.1) is 24.3 Å². The fourth-order valence-electron chi connectivity index (χ4n) is 2.45. The third kappa shape index (κ3) is 1.60. The second-order valence-electron chi connectivity index (χ2n) is 4.67. The molecule has 104 valence electrons. The van der Waals surface area contributed by atoms with E-state index in [1.807, 2.05) is 35.7 Å². The average molecular weight is 280 g/mol. The van der Waals surface area contributed by atoms with Gasteiger partial charge in [0.2, 0.25) is 0 Å². The highest BCUT2D eigenvalue weighted by Crippen LogP contribution is 2.29. The quantitative estimate of drug-likeness (QED) is 0.559. The second kappa shape index (κ2) is 4.27. The van der Waals surface area contributed by atoms with E-state index in [-0.39, 0.29) is 0 Å². The molecule has 0 N–H and O–H groups in total. The van der Waals surface area contributed by atoms with Crippen molar-refractivity contribution in [3.8, 4) is 17.1 Å². The first-order valence-electron chi connectivity index (χ1n) is 6.44. The lowest BCUT2D eigenvalue weighted by atomic mass is 10.2. The molecule has 3 aromatic heterocycles. The summed E-state index contributed by atoms with van der Waals surface area (Å²) in [5, 5.41) is 13.6. The molecule has 7 nitrogen and oxygen atoms in total. The zero-order chi connectivity index (χ0) is 14.4. The molecule has 7 heteroatoms. The number of hydrogen-bond donors (Lipinski definition) is 0. The molecule has 0 fully saturated rings. The van der Waals surface area contributed by atoms with Crippen LogP contribution in [-0.4, -0.2) is 36.5 Å². The summed E-state index contributed by atoms with van der Waals surface area (Å²) in [6, 6.07) is 7.70. The van der Waals surface area contributed by atoms with Gasteiger partial charge in [-0.3, -0.25) is 9.08 Å². The molecule has 0 saturated carbocycles. The maximum Gasteiger partial charge on any atom is 0.175 e. The average Bonchev–Trinajstić information content (AvgIpc) is 3.11. The number of ether oxygens (including phenoxy) is 1. The van der Waals surface area contributed by atoms with E-state index in [1.54, 1.807) is 24.3 Å². The monoisotopic (exact) mass is 280 g/mol. The van der Waals surface area contributed by atoms with Gasteiger partial charge in [-0.1, -0.05) is 12.1 Å². The first-order valence-corrected chi connectivity index (χ1v) is 6.44. The van der Waals surface area contributed by atoms with Crippen LogP contribution in [0.5, 0.6) is 5.75 Å². The first kappa shape index (κ1) is 11.8. The summed E-state index contributed by atoms with van der Waals surface area (Å²) in [7, 11) is 3.49. The van der Waals surface area contributed by atoms with Crippen molar-refractivity contribution in [2.45, 2.75) is 0 Å². The Labute approximate surface area is 119 Å². The van der Waals surface area contributed by atoms with E-state index in [4.69, 9.17) is 4.74 Å². The number of para-hydroxylation sites is 1. The summed E-state index contributed by atoms with van der Waals surface area (Å²) >= 11 is 0. The largest absolute Gasteiger partial charge is 0.496 e. The van der Waals surface area contributed by atoms with Crippen LogP contribution >= 0.6 is 0 Å². The molecule has 0 aliphatic heterocycles. The van der Waals surface area contributed by atoms with Crippen LogP contribution in [0.1, 0.15) is 0 Å². The van der Waals surface area contributed by atoms with Crippen molar-refractivity contribution >= 4 is 16.7 Å². The summed E-state index contributed by atoms with van der Waals surface area (Å²) in [6.07, 6.45) is 3.46. The Balaban J connectivity index is 2.04. The van der Waals surface area contributed by atoms with Gasteiger partial charge < -0.3 is 4.74 Å². The third-order valence-corrected chi connectivity index (χ3v) is 3.49. The lowest BCUT2D eigenvalue weighted by Gasteiger charge is -2.06. The fraction of sp³-hybridized carbons (Fsp3) is 0.143. The van der Waals surface area contributed by atoms with Gasteiger partial charge >= 0.3 is 0 Å². The number of rotatable bonds is 2. The van der Waals surface area contributed by atoms with Gasteiger partial charge in [-0.2, -0.15) is 5.10 Å². The van der Waals surface area contributed by atoms with Crippen molar-refractivity contribution < 1.29 is 4.74 Å². The highest BCUT2D eigenvalue weighted by molar-refractivity contribution is 5.89. The molecule has 4 rings (SSSR count). The molecule has 0 aliphatic rings. The predicted molar refractivity (Wildman–Crippen MR) is 77.0 cm³/mol. The third-order valence-electron chi connectivity index (χ3n) is 3.49. The van der Waals surface area contributed by atoms with E-state index in [2.05, 4.69) is 20.3 Å². The molecule has 0 aliphatic carbocycles. The van der Waals surface area contributed by atoms with E-state index < -0.39 is 0 Å². The second-order valence-corrected chi connectivity index (χ2v) is 4.67. The Bertz CT molecular complexity index is 955. The Hall–Kier alpha value is -2.96. The molecule has 1 aromatic carbocycles. The van der Waals surface area contributed by atoms with Crippen molar-refractivity contribution in [2.75, 3.05) is 7.11 Å². The number of benzene rings is 1. The van der Waals surface area contributed by atoms with Crippen molar-refractivity contribution in [1.29, 1.82) is 0 Å². The van der Waals surface area contributed by atoms with Crippen LogP contribution in [-0.2, 0) is 7.05 Å². The Morgan fingerprint density at radius 1 is 1.10 bits per heavy atom. The van der Waals surface area contributed by atoms with E-state index in [1.165, 1.54) is 0 Å². The van der Waals surface area contributed by atoms with Crippen molar-refractivity contribution in [1.82, 2.24) is 29.4 Å². The standard InChI is InChI=1S/C14H12N6O/c1-19-12-10(7-16-19)14-18-17-13(20(14)8-15-12)9-5-3-4-6-11(9)21-2/h3-8H,1-2H3. The number of hydrogen-bond acceptors (Lipinski definition) is 5. The Kier molecular flexibility index (Phi) is 2.41. The number of aryl methyl sites for hydroxylation is 1. The number of aromatic nitrogens is 6. The van der Waals surface area contributed by atoms with Crippen molar-refractivity contribution in [3.05, 3.63) is 36.8 Å². The fourth-order valence-corrected chi connectivity index (χ4v) is 2.45. The summed E-state index contributed by atoms with van der Waals surface area (Å²) in [5.74, 6) is 1.44. The van der Waals surface area contributed by atoms with E-state index in [0.717, 1.165) is 28.0 Å². The normalized spacial score (nSPS) is 11.3. The number of nitrogens with zero attached hydrogens (tertiary/aromatic N) is 6. The maximum absolute atomic E-state index is 5.39. The molecule has 4 aromatic rings. The summed E-state index contributed by atoms with van der Waals surface area (Å²) < 4.78 is 8.96. The highest BCUT2D eigenvalue weighted by Gasteiger charge is 2.15. The molecule has 3 heterocycles. The topological polar surface area (TPSA) is 70.1 Å². The minimum atomic E-state index is 0.695. The SMILES string of the molecule is COc1ccccc1-c1nnc2c3cnn(C)c3ncn12. The van der Waals surface area contributed by atoms with Gasteiger partial charge in [0.1, 0.15) is 12.1 Å². The number of methoxy groups -OCH3 is 1. The molecule has 0 radical (unpaired) electrons. The molecular formula is C14H12N6O. The summed E-state index contributed by atoms with van der Waals surface area (Å²) in [4.78, 5) is 4.43. The van der Waals surface area contributed by atoms with E-state index in [0.29, 0.717) is 5.82 Å². The van der Waals surface area contributed by atoms with Crippen LogP contribution < -0.4 is 4.74 Å². The van der Waals surface area contributed by atoms with Crippen LogP contribution in [0.15, 0.2) is 36.8 Å². The molecule has 0 amide bonds. The molecular weight excluding hydrogens is 268 g/mol. The lowest BCUT2D eigenvalue weighted by molar-refractivity contribution is 0.416. The molecule has 0 saturated heterocycles. The van der Waals surface area contributed by atoms with Gasteiger partial charge in [-0.05, 0) is 12.1 Å². The van der Waals surface area contributed by atoms with E-state index in [9.17, 15) is 0 Å². The highest BCUT2D eigenvalue weighted by atomic mass is 16.5. The van der Waals surface area contributed by atoms with Gasteiger partial charge in [-0.15, -0.1) is 10.2 Å². The first-order chi connectivity index (χ1) is 10.3.